The molecule has 1 aromatic carbocycles. The van der Waals surface area contributed by atoms with Crippen LogP contribution in [0.4, 0.5) is 16.5 Å². The third-order valence-corrected chi connectivity index (χ3v) is 4.98. The van der Waals surface area contributed by atoms with Gasteiger partial charge < -0.3 is 15.4 Å². The van der Waals surface area contributed by atoms with Crippen LogP contribution < -0.4 is 15.4 Å². The number of amides is 1. The second-order valence-corrected chi connectivity index (χ2v) is 7.05. The van der Waals surface area contributed by atoms with Crippen LogP contribution in [0.15, 0.2) is 61.4 Å². The van der Waals surface area contributed by atoms with Gasteiger partial charge in [0.25, 0.3) is 5.91 Å². The first-order valence-corrected chi connectivity index (χ1v) is 9.87. The molecule has 3 heterocycles. The maximum atomic E-state index is 12.9. The Labute approximate surface area is 176 Å². The average molecular weight is 418 g/mol. The van der Waals surface area contributed by atoms with Crippen molar-refractivity contribution in [2.75, 3.05) is 17.2 Å². The van der Waals surface area contributed by atoms with E-state index in [2.05, 4.69) is 36.5 Å². The van der Waals surface area contributed by atoms with Crippen molar-refractivity contribution in [2.45, 2.75) is 6.92 Å². The second kappa shape index (κ2) is 8.66. The molecule has 2 N–H and O–H groups in total. The fourth-order valence-corrected chi connectivity index (χ4v) is 3.54. The third-order valence-electron chi connectivity index (χ3n) is 4.12. The van der Waals surface area contributed by atoms with Crippen LogP contribution in [0.3, 0.4) is 0 Å². The van der Waals surface area contributed by atoms with Gasteiger partial charge in [0.1, 0.15) is 17.4 Å². The SMILES string of the molecule is C=CCOc1ccc(NC(=O)c2c(C)nsc2Nc2cnc3ccccc3n2)cn1. The molecule has 0 spiro atoms. The van der Waals surface area contributed by atoms with Crippen LogP contribution in [0.2, 0.25) is 0 Å². The van der Waals surface area contributed by atoms with Gasteiger partial charge in [-0.2, -0.15) is 4.37 Å². The predicted octanol–water partition coefficient (Wildman–Crippen LogP) is 4.35. The Morgan fingerprint density at radius 3 is 2.77 bits per heavy atom. The Morgan fingerprint density at radius 1 is 1.17 bits per heavy atom. The summed E-state index contributed by atoms with van der Waals surface area (Å²) in [4.78, 5) is 26.0. The van der Waals surface area contributed by atoms with Gasteiger partial charge in [-0.05, 0) is 36.7 Å². The molecule has 3 aromatic heterocycles. The summed E-state index contributed by atoms with van der Waals surface area (Å²) < 4.78 is 9.66. The van der Waals surface area contributed by atoms with Crippen molar-refractivity contribution in [1.82, 2.24) is 19.3 Å². The van der Waals surface area contributed by atoms with Gasteiger partial charge in [0, 0.05) is 6.07 Å². The standard InChI is InChI=1S/C21H18N6O2S/c1-3-10-29-18-9-8-14(11-23-18)24-20(28)19-13(2)27-30-21(19)26-17-12-22-15-6-4-5-7-16(15)25-17/h3-9,11-12H,1,10H2,2H3,(H,24,28)(H,25,26). The van der Waals surface area contributed by atoms with Gasteiger partial charge in [0.05, 0.1) is 40.4 Å². The number of rotatable bonds is 7. The van der Waals surface area contributed by atoms with Crippen molar-refractivity contribution in [3.8, 4) is 5.88 Å². The molecule has 0 aliphatic carbocycles. The molecule has 9 heteroatoms. The summed E-state index contributed by atoms with van der Waals surface area (Å²) in [6, 6.07) is 11.0. The van der Waals surface area contributed by atoms with E-state index in [-0.39, 0.29) is 5.91 Å². The molecule has 0 aliphatic rings. The first kappa shape index (κ1) is 19.5. The number of carbonyl (C=O) groups excluding carboxylic acids is 1. The molecule has 0 fully saturated rings. The molecule has 0 unspecified atom stereocenters. The summed E-state index contributed by atoms with van der Waals surface area (Å²) in [6.45, 7) is 5.74. The van der Waals surface area contributed by atoms with Crippen molar-refractivity contribution < 1.29 is 9.53 Å². The molecular weight excluding hydrogens is 400 g/mol. The molecule has 4 aromatic rings. The molecule has 0 aliphatic heterocycles. The van der Waals surface area contributed by atoms with Crippen LogP contribution in [0.25, 0.3) is 11.0 Å². The quantitative estimate of drug-likeness (QED) is 0.430. The van der Waals surface area contributed by atoms with Crippen LogP contribution in [-0.4, -0.2) is 31.8 Å². The van der Waals surface area contributed by atoms with Crippen molar-refractivity contribution in [3.05, 3.63) is 72.7 Å². The highest BCUT2D eigenvalue weighted by Crippen LogP contribution is 2.28. The van der Waals surface area contributed by atoms with Crippen LogP contribution >= 0.6 is 11.5 Å². The fraction of sp³-hybridized carbons (Fsp3) is 0.0952. The van der Waals surface area contributed by atoms with E-state index >= 15 is 0 Å². The minimum atomic E-state index is -0.293. The minimum absolute atomic E-state index is 0.293. The monoisotopic (exact) mass is 418 g/mol. The number of fused-ring (bicyclic) bond motifs is 1. The van der Waals surface area contributed by atoms with Gasteiger partial charge in [0.2, 0.25) is 5.88 Å². The lowest BCUT2D eigenvalue weighted by molar-refractivity contribution is 0.102. The van der Waals surface area contributed by atoms with Crippen molar-refractivity contribution in [1.29, 1.82) is 0 Å². The number of hydrogen-bond acceptors (Lipinski definition) is 8. The number of nitrogens with zero attached hydrogens (tertiary/aromatic N) is 4. The Morgan fingerprint density at radius 2 is 2.00 bits per heavy atom. The molecule has 0 saturated carbocycles. The first-order valence-electron chi connectivity index (χ1n) is 9.10. The lowest BCUT2D eigenvalue weighted by Gasteiger charge is -2.09. The molecule has 150 valence electrons. The first-order chi connectivity index (χ1) is 14.6. The Kier molecular flexibility index (Phi) is 5.62. The Balaban J connectivity index is 1.52. The van der Waals surface area contributed by atoms with E-state index in [4.69, 9.17) is 4.74 Å². The molecule has 0 bridgehead atoms. The molecule has 0 saturated heterocycles. The van der Waals surface area contributed by atoms with Crippen LogP contribution in [0.5, 0.6) is 5.88 Å². The highest BCUT2D eigenvalue weighted by Gasteiger charge is 2.19. The maximum absolute atomic E-state index is 12.9. The number of para-hydroxylation sites is 2. The fourth-order valence-electron chi connectivity index (χ4n) is 2.73. The zero-order valence-corrected chi connectivity index (χ0v) is 16.9. The van der Waals surface area contributed by atoms with Gasteiger partial charge in [-0.25, -0.2) is 9.97 Å². The van der Waals surface area contributed by atoms with E-state index < -0.39 is 0 Å². The van der Waals surface area contributed by atoms with Crippen molar-refractivity contribution in [2.24, 2.45) is 0 Å². The molecule has 4 rings (SSSR count). The van der Waals surface area contributed by atoms with E-state index in [1.165, 1.54) is 17.7 Å². The number of carbonyl (C=O) groups is 1. The lowest BCUT2D eigenvalue weighted by atomic mass is 10.2. The highest BCUT2D eigenvalue weighted by molar-refractivity contribution is 7.10. The number of pyridine rings is 1. The zero-order valence-electron chi connectivity index (χ0n) is 16.1. The van der Waals surface area contributed by atoms with Crippen LogP contribution in [0.1, 0.15) is 16.1 Å². The van der Waals surface area contributed by atoms with E-state index in [1.807, 2.05) is 24.3 Å². The van der Waals surface area contributed by atoms with Gasteiger partial charge >= 0.3 is 0 Å². The molecule has 1 amide bonds. The number of ether oxygens (including phenoxy) is 1. The molecule has 0 radical (unpaired) electrons. The number of anilines is 3. The van der Waals surface area contributed by atoms with E-state index in [1.54, 1.807) is 31.3 Å². The summed E-state index contributed by atoms with van der Waals surface area (Å²) in [6.07, 6.45) is 4.80. The highest BCUT2D eigenvalue weighted by atomic mass is 32.1. The maximum Gasteiger partial charge on any atom is 0.260 e. The summed E-state index contributed by atoms with van der Waals surface area (Å²) in [5, 5.41) is 6.59. The normalized spacial score (nSPS) is 10.6. The second-order valence-electron chi connectivity index (χ2n) is 6.28. The van der Waals surface area contributed by atoms with Crippen molar-refractivity contribution in [3.63, 3.8) is 0 Å². The van der Waals surface area contributed by atoms with E-state index in [9.17, 15) is 4.79 Å². The topological polar surface area (TPSA) is 102 Å². The average Bonchev–Trinajstić information content (AvgIpc) is 3.13. The summed E-state index contributed by atoms with van der Waals surface area (Å²) in [5.41, 5.74) is 3.18. The third kappa shape index (κ3) is 4.26. The van der Waals surface area contributed by atoms with Gasteiger partial charge in [-0.3, -0.25) is 9.78 Å². The number of aryl methyl sites for hydroxylation is 1. The van der Waals surface area contributed by atoms with E-state index in [0.717, 1.165) is 11.0 Å². The summed E-state index contributed by atoms with van der Waals surface area (Å²) in [7, 11) is 0. The van der Waals surface area contributed by atoms with Gasteiger partial charge in [-0.1, -0.05) is 24.8 Å². The molecule has 0 atom stereocenters. The molecule has 30 heavy (non-hydrogen) atoms. The molecule has 8 nitrogen and oxygen atoms in total. The lowest BCUT2D eigenvalue weighted by Crippen LogP contribution is -2.14. The number of benzene rings is 1. The predicted molar refractivity (Wildman–Crippen MR) is 118 cm³/mol. The number of nitrogens with one attached hydrogen (secondary N) is 2. The number of aromatic nitrogens is 4. The smallest absolute Gasteiger partial charge is 0.260 e. The van der Waals surface area contributed by atoms with Crippen molar-refractivity contribution >= 4 is 45.0 Å². The summed E-state index contributed by atoms with van der Waals surface area (Å²) >= 11 is 1.19. The van der Waals surface area contributed by atoms with Gasteiger partial charge in [0.15, 0.2) is 0 Å². The Bertz CT molecular complexity index is 1210. The van der Waals surface area contributed by atoms with Crippen LogP contribution in [0, 0.1) is 6.92 Å². The molecular formula is C21H18N6O2S. The largest absolute Gasteiger partial charge is 0.473 e. The van der Waals surface area contributed by atoms with E-state index in [0.29, 0.717) is 40.3 Å². The van der Waals surface area contributed by atoms with Gasteiger partial charge in [-0.15, -0.1) is 0 Å². The number of hydrogen-bond donors (Lipinski definition) is 2. The zero-order chi connectivity index (χ0) is 20.9. The minimum Gasteiger partial charge on any atom is -0.473 e. The van der Waals surface area contributed by atoms with Crippen LogP contribution in [-0.2, 0) is 0 Å². The Hall–Kier alpha value is -3.85. The summed E-state index contributed by atoms with van der Waals surface area (Å²) in [5.74, 6) is 0.703.